The SMILES string of the molecule is COc1cc(C2CC(c3cccs3)=NN2C(=O)COc2ccc(F)cc2F)ccc1OC(F)F. The van der Waals surface area contributed by atoms with E-state index < -0.39 is 36.8 Å². The number of benzene rings is 2. The van der Waals surface area contributed by atoms with E-state index in [1.54, 1.807) is 6.07 Å². The molecule has 0 N–H and O–H groups in total. The molecule has 34 heavy (non-hydrogen) atoms. The topological polar surface area (TPSA) is 60.4 Å². The van der Waals surface area contributed by atoms with Gasteiger partial charge in [0, 0.05) is 12.5 Å². The summed E-state index contributed by atoms with van der Waals surface area (Å²) in [6.45, 7) is -3.58. The second-order valence-electron chi connectivity index (χ2n) is 7.13. The van der Waals surface area contributed by atoms with Crippen molar-refractivity contribution < 1.29 is 36.6 Å². The van der Waals surface area contributed by atoms with Crippen molar-refractivity contribution >= 4 is 23.0 Å². The van der Waals surface area contributed by atoms with Gasteiger partial charge in [-0.15, -0.1) is 11.3 Å². The maximum atomic E-state index is 13.9. The number of ether oxygens (including phenoxy) is 3. The molecule has 3 aromatic rings. The Bertz CT molecular complexity index is 1200. The third kappa shape index (κ3) is 5.14. The predicted octanol–water partition coefficient (Wildman–Crippen LogP) is 5.39. The molecule has 0 radical (unpaired) electrons. The van der Waals surface area contributed by atoms with Crippen LogP contribution in [0.5, 0.6) is 17.2 Å². The molecule has 0 spiro atoms. The van der Waals surface area contributed by atoms with Gasteiger partial charge in [0.15, 0.2) is 29.7 Å². The largest absolute Gasteiger partial charge is 0.493 e. The number of rotatable bonds is 8. The number of carbonyl (C=O) groups is 1. The fourth-order valence-electron chi connectivity index (χ4n) is 3.47. The van der Waals surface area contributed by atoms with Crippen LogP contribution < -0.4 is 14.2 Å². The van der Waals surface area contributed by atoms with E-state index in [0.29, 0.717) is 23.8 Å². The molecule has 0 aliphatic carbocycles. The predicted molar refractivity (Wildman–Crippen MR) is 117 cm³/mol. The minimum atomic E-state index is -3.03. The van der Waals surface area contributed by atoms with Crippen LogP contribution in [0.3, 0.4) is 0 Å². The Morgan fingerprint density at radius 2 is 1.94 bits per heavy atom. The second kappa shape index (κ2) is 10.1. The molecule has 1 aliphatic rings. The number of alkyl halides is 2. The van der Waals surface area contributed by atoms with Crippen molar-refractivity contribution in [2.24, 2.45) is 5.10 Å². The van der Waals surface area contributed by atoms with Gasteiger partial charge in [-0.1, -0.05) is 12.1 Å². The van der Waals surface area contributed by atoms with Crippen molar-refractivity contribution in [1.82, 2.24) is 5.01 Å². The van der Waals surface area contributed by atoms with Gasteiger partial charge < -0.3 is 14.2 Å². The van der Waals surface area contributed by atoms with Crippen molar-refractivity contribution in [3.8, 4) is 17.2 Å². The molecule has 11 heteroatoms. The Labute approximate surface area is 196 Å². The van der Waals surface area contributed by atoms with E-state index in [1.165, 1.54) is 35.6 Å². The number of methoxy groups -OCH3 is 1. The van der Waals surface area contributed by atoms with E-state index >= 15 is 0 Å². The van der Waals surface area contributed by atoms with Crippen LogP contribution in [0.15, 0.2) is 59.0 Å². The summed E-state index contributed by atoms with van der Waals surface area (Å²) < 4.78 is 67.3. The Kier molecular flexibility index (Phi) is 7.01. The van der Waals surface area contributed by atoms with E-state index in [9.17, 15) is 22.4 Å². The lowest BCUT2D eigenvalue weighted by molar-refractivity contribution is -0.135. The molecule has 1 aromatic heterocycles. The average Bonchev–Trinajstić information content (AvgIpc) is 3.48. The highest BCUT2D eigenvalue weighted by molar-refractivity contribution is 7.12. The fourth-order valence-corrected chi connectivity index (χ4v) is 4.20. The molecule has 0 saturated carbocycles. The molecule has 178 valence electrons. The summed E-state index contributed by atoms with van der Waals surface area (Å²) in [5.41, 5.74) is 1.21. The summed E-state index contributed by atoms with van der Waals surface area (Å²) in [4.78, 5) is 13.9. The second-order valence-corrected chi connectivity index (χ2v) is 8.08. The minimum Gasteiger partial charge on any atom is -0.493 e. The Morgan fingerprint density at radius 1 is 1.15 bits per heavy atom. The Morgan fingerprint density at radius 3 is 2.62 bits per heavy atom. The van der Waals surface area contributed by atoms with Gasteiger partial charge in [-0.25, -0.2) is 13.8 Å². The third-order valence-electron chi connectivity index (χ3n) is 5.01. The zero-order valence-corrected chi connectivity index (χ0v) is 18.5. The van der Waals surface area contributed by atoms with Crippen molar-refractivity contribution in [1.29, 1.82) is 0 Å². The number of nitrogens with zero attached hydrogens (tertiary/aromatic N) is 2. The molecule has 2 heterocycles. The average molecular weight is 494 g/mol. The standard InChI is InChI=1S/C23H18F4N2O4S/c1-31-20-9-13(4-6-19(20)33-23(26)27)17-11-16(21-3-2-8-34-21)28-29(17)22(30)12-32-18-7-5-14(24)10-15(18)25/h2-10,17,23H,11-12H2,1H3. The van der Waals surface area contributed by atoms with E-state index in [1.807, 2.05) is 17.5 Å². The smallest absolute Gasteiger partial charge is 0.387 e. The van der Waals surface area contributed by atoms with Crippen molar-refractivity contribution in [2.45, 2.75) is 19.1 Å². The lowest BCUT2D eigenvalue weighted by Gasteiger charge is -2.23. The van der Waals surface area contributed by atoms with E-state index in [2.05, 4.69) is 9.84 Å². The van der Waals surface area contributed by atoms with Crippen LogP contribution in [-0.4, -0.2) is 37.0 Å². The first-order valence-electron chi connectivity index (χ1n) is 9.99. The molecule has 1 atom stereocenters. The Hall–Kier alpha value is -3.60. The fraction of sp³-hybridized carbons (Fsp3) is 0.217. The van der Waals surface area contributed by atoms with Crippen LogP contribution in [0.2, 0.25) is 0 Å². The van der Waals surface area contributed by atoms with Gasteiger partial charge in [-0.3, -0.25) is 4.79 Å². The van der Waals surface area contributed by atoms with Crippen LogP contribution in [-0.2, 0) is 4.79 Å². The van der Waals surface area contributed by atoms with E-state index in [-0.39, 0.29) is 17.2 Å². The van der Waals surface area contributed by atoms with Gasteiger partial charge in [0.2, 0.25) is 0 Å². The monoisotopic (exact) mass is 494 g/mol. The first-order chi connectivity index (χ1) is 16.4. The van der Waals surface area contributed by atoms with Gasteiger partial charge in [-0.2, -0.15) is 13.9 Å². The molecule has 1 aliphatic heterocycles. The van der Waals surface area contributed by atoms with Crippen molar-refractivity contribution in [3.05, 3.63) is 76.0 Å². The molecule has 0 saturated heterocycles. The maximum Gasteiger partial charge on any atom is 0.387 e. The van der Waals surface area contributed by atoms with Gasteiger partial charge in [0.05, 0.1) is 23.7 Å². The van der Waals surface area contributed by atoms with Crippen LogP contribution >= 0.6 is 11.3 Å². The number of carbonyl (C=O) groups excluding carboxylic acids is 1. The molecule has 1 amide bonds. The van der Waals surface area contributed by atoms with E-state index in [4.69, 9.17) is 9.47 Å². The summed E-state index contributed by atoms with van der Waals surface area (Å²) in [6, 6.07) is 10.2. The lowest BCUT2D eigenvalue weighted by atomic mass is 10.0. The molecule has 2 aromatic carbocycles. The quantitative estimate of drug-likeness (QED) is 0.394. The molecule has 4 rings (SSSR count). The normalized spacial score (nSPS) is 15.4. The number of thiophene rings is 1. The summed E-state index contributed by atoms with van der Waals surface area (Å²) in [5, 5.41) is 7.53. The summed E-state index contributed by atoms with van der Waals surface area (Å²) in [7, 11) is 1.31. The molecule has 6 nitrogen and oxygen atoms in total. The highest BCUT2D eigenvalue weighted by atomic mass is 32.1. The summed E-state index contributed by atoms with van der Waals surface area (Å²) in [5.74, 6) is -2.64. The van der Waals surface area contributed by atoms with Crippen LogP contribution in [0.1, 0.15) is 22.9 Å². The first-order valence-corrected chi connectivity index (χ1v) is 10.9. The van der Waals surface area contributed by atoms with Crippen molar-refractivity contribution in [3.63, 3.8) is 0 Å². The molecule has 1 unspecified atom stereocenters. The lowest BCUT2D eigenvalue weighted by Crippen LogP contribution is -2.31. The zero-order valence-electron chi connectivity index (χ0n) is 17.7. The highest BCUT2D eigenvalue weighted by Gasteiger charge is 2.34. The number of amides is 1. The van der Waals surface area contributed by atoms with Crippen molar-refractivity contribution in [2.75, 3.05) is 13.7 Å². The van der Waals surface area contributed by atoms with Gasteiger partial charge >= 0.3 is 6.61 Å². The van der Waals surface area contributed by atoms with Gasteiger partial charge in [-0.05, 0) is 41.3 Å². The molecular weight excluding hydrogens is 476 g/mol. The molecular formula is C23H18F4N2O4S. The van der Waals surface area contributed by atoms with Gasteiger partial charge in [0.25, 0.3) is 5.91 Å². The van der Waals surface area contributed by atoms with Crippen LogP contribution in [0.4, 0.5) is 17.6 Å². The van der Waals surface area contributed by atoms with E-state index in [0.717, 1.165) is 17.0 Å². The molecule has 0 bridgehead atoms. The molecule has 0 fully saturated rings. The highest BCUT2D eigenvalue weighted by Crippen LogP contribution is 2.38. The summed E-state index contributed by atoms with van der Waals surface area (Å²) in [6.07, 6.45) is 0.343. The summed E-state index contributed by atoms with van der Waals surface area (Å²) >= 11 is 1.45. The Balaban J connectivity index is 1.60. The van der Waals surface area contributed by atoms with Gasteiger partial charge in [0.1, 0.15) is 5.82 Å². The number of hydrogen-bond donors (Lipinski definition) is 0. The zero-order chi connectivity index (χ0) is 24.2. The number of hydrogen-bond acceptors (Lipinski definition) is 6. The van der Waals surface area contributed by atoms with Crippen LogP contribution in [0, 0.1) is 11.6 Å². The first kappa shape index (κ1) is 23.6. The maximum absolute atomic E-state index is 13.9. The minimum absolute atomic E-state index is 0.0689. The third-order valence-corrected chi connectivity index (χ3v) is 5.92. The van der Waals surface area contributed by atoms with Crippen LogP contribution in [0.25, 0.3) is 0 Å². The number of halogens is 4. The number of hydrazone groups is 1.